The lowest BCUT2D eigenvalue weighted by Crippen LogP contribution is -2.00. The summed E-state index contributed by atoms with van der Waals surface area (Å²) in [5.41, 5.74) is 0. The van der Waals surface area contributed by atoms with Gasteiger partial charge in [-0.1, -0.05) is 0 Å². The van der Waals surface area contributed by atoms with E-state index in [9.17, 15) is 9.59 Å². The number of nitrogens with zero attached hydrogens (tertiary/aromatic N) is 3. The standard InChI is InChI=1S/C4HN3O3/c5-1-10-4(6-2-8)7-3-9/h4H. The van der Waals surface area contributed by atoms with Crippen molar-refractivity contribution in [3.05, 3.63) is 0 Å². The fourth-order valence-corrected chi connectivity index (χ4v) is 0.219. The zero-order valence-electron chi connectivity index (χ0n) is 4.64. The minimum Gasteiger partial charge on any atom is -0.377 e. The van der Waals surface area contributed by atoms with Crippen molar-refractivity contribution in [1.29, 1.82) is 5.26 Å². The summed E-state index contributed by atoms with van der Waals surface area (Å²) in [4.78, 5) is 24.6. The van der Waals surface area contributed by atoms with Gasteiger partial charge in [-0.05, 0) is 0 Å². The van der Waals surface area contributed by atoms with Crippen LogP contribution in [0.2, 0.25) is 0 Å². The van der Waals surface area contributed by atoms with Gasteiger partial charge >= 0.3 is 6.35 Å². The summed E-state index contributed by atoms with van der Waals surface area (Å²) in [6, 6.07) is 0. The molecule has 10 heavy (non-hydrogen) atoms. The zero-order valence-corrected chi connectivity index (χ0v) is 4.64. The lowest BCUT2D eigenvalue weighted by atomic mass is 11.0. The number of isocyanates is 2. The smallest absolute Gasteiger partial charge is 0.320 e. The largest absolute Gasteiger partial charge is 0.377 e. The van der Waals surface area contributed by atoms with Gasteiger partial charge in [0.1, 0.15) is 0 Å². The molecule has 0 aliphatic carbocycles. The van der Waals surface area contributed by atoms with Crippen molar-refractivity contribution < 1.29 is 14.3 Å². The van der Waals surface area contributed by atoms with Gasteiger partial charge in [-0.2, -0.15) is 5.26 Å². The predicted molar refractivity (Wildman–Crippen MR) is 26.7 cm³/mol. The fourth-order valence-electron chi connectivity index (χ4n) is 0.219. The van der Waals surface area contributed by atoms with Crippen LogP contribution in [0.3, 0.4) is 0 Å². The van der Waals surface area contributed by atoms with E-state index in [2.05, 4.69) is 14.7 Å². The number of rotatable bonds is 3. The highest BCUT2D eigenvalue weighted by Crippen LogP contribution is 1.90. The minimum absolute atomic E-state index is 1.06. The summed E-state index contributed by atoms with van der Waals surface area (Å²) in [6.45, 7) is 0. The zero-order chi connectivity index (χ0) is 7.82. The molecule has 0 spiro atoms. The number of hydrogen-bond donors (Lipinski definition) is 0. The molecule has 0 saturated heterocycles. The molecule has 0 unspecified atom stereocenters. The first-order chi connectivity index (χ1) is 4.85. The van der Waals surface area contributed by atoms with Gasteiger partial charge in [-0.3, -0.25) is 0 Å². The third kappa shape index (κ3) is 3.10. The Morgan fingerprint density at radius 3 is 2.10 bits per heavy atom. The molecule has 0 fully saturated rings. The maximum Gasteiger partial charge on any atom is 0.320 e. The lowest BCUT2D eigenvalue weighted by Gasteiger charge is -1.93. The molecule has 50 valence electrons. The van der Waals surface area contributed by atoms with Crippen molar-refractivity contribution in [2.45, 2.75) is 6.35 Å². The molecule has 0 N–H and O–H groups in total. The summed E-state index contributed by atoms with van der Waals surface area (Å²) in [6.07, 6.45) is 1.89. The predicted octanol–water partition coefficient (Wildman–Crippen LogP) is -0.561. The number of carbonyl (C=O) groups excluding carboxylic acids is 2. The normalized spacial score (nSPS) is 9.50. The number of hydrogen-bond acceptors (Lipinski definition) is 6. The molecule has 0 bridgehead atoms. The van der Waals surface area contributed by atoms with Crippen molar-refractivity contribution in [1.82, 2.24) is 0 Å². The highest BCUT2D eigenvalue weighted by molar-refractivity contribution is 5.36. The van der Waals surface area contributed by atoms with Gasteiger partial charge < -0.3 is 4.74 Å². The third-order valence-electron chi connectivity index (χ3n) is 0.484. The highest BCUT2D eigenvalue weighted by Gasteiger charge is 2.00. The monoisotopic (exact) mass is 139 g/mol. The lowest BCUT2D eigenvalue weighted by molar-refractivity contribution is 0.179. The van der Waals surface area contributed by atoms with Gasteiger partial charge in [0.15, 0.2) is 0 Å². The Bertz CT molecular complexity index is 213. The number of aliphatic imine (C=N–C) groups is 2. The quantitative estimate of drug-likeness (QED) is 0.297. The van der Waals surface area contributed by atoms with Crippen LogP contribution in [0.5, 0.6) is 0 Å². The van der Waals surface area contributed by atoms with E-state index in [0.29, 0.717) is 0 Å². The number of ether oxygens (including phenoxy) is 1. The van der Waals surface area contributed by atoms with Crippen LogP contribution in [0.25, 0.3) is 0 Å². The van der Waals surface area contributed by atoms with E-state index in [1.165, 1.54) is 6.26 Å². The molecular formula is C4HN3O3. The first-order valence-corrected chi connectivity index (χ1v) is 2.04. The molecule has 6 heteroatoms. The van der Waals surface area contributed by atoms with Crippen LogP contribution in [0.15, 0.2) is 9.98 Å². The molecule has 6 nitrogen and oxygen atoms in total. The molecule has 0 atom stereocenters. The van der Waals surface area contributed by atoms with Crippen LogP contribution in [0.1, 0.15) is 0 Å². The van der Waals surface area contributed by atoms with E-state index in [1.54, 1.807) is 0 Å². The molecule has 0 radical (unpaired) electrons. The van der Waals surface area contributed by atoms with Gasteiger partial charge in [0.25, 0.3) is 6.26 Å². The van der Waals surface area contributed by atoms with Crippen LogP contribution in [-0.4, -0.2) is 18.5 Å². The van der Waals surface area contributed by atoms with Crippen LogP contribution >= 0.6 is 0 Å². The Morgan fingerprint density at radius 2 is 1.80 bits per heavy atom. The molecule has 0 amide bonds. The van der Waals surface area contributed by atoms with Gasteiger partial charge in [0, 0.05) is 0 Å². The summed E-state index contributed by atoms with van der Waals surface area (Å²) in [5, 5.41) is 7.84. The first kappa shape index (κ1) is 8.05. The van der Waals surface area contributed by atoms with Crippen LogP contribution in [0.4, 0.5) is 0 Å². The Balaban J connectivity index is 4.13. The summed E-state index contributed by atoms with van der Waals surface area (Å²) < 4.78 is 3.97. The second kappa shape index (κ2) is 5.19. The maximum atomic E-state index is 9.49. The Labute approximate surface area is 55.5 Å². The fraction of sp³-hybridized carbons (Fsp3) is 0.250. The van der Waals surface area contributed by atoms with Crippen LogP contribution < -0.4 is 0 Å². The van der Waals surface area contributed by atoms with Gasteiger partial charge in [0.2, 0.25) is 12.2 Å². The molecule has 0 aliphatic rings. The van der Waals surface area contributed by atoms with Crippen LogP contribution in [-0.2, 0) is 14.3 Å². The molecule has 0 rings (SSSR count). The van der Waals surface area contributed by atoms with E-state index in [0.717, 1.165) is 12.2 Å². The first-order valence-electron chi connectivity index (χ1n) is 2.04. The Morgan fingerprint density at radius 1 is 1.30 bits per heavy atom. The molecular weight excluding hydrogens is 138 g/mol. The topological polar surface area (TPSA) is 91.9 Å². The summed E-state index contributed by atoms with van der Waals surface area (Å²) >= 11 is 0. The van der Waals surface area contributed by atoms with E-state index in [-0.39, 0.29) is 0 Å². The van der Waals surface area contributed by atoms with Gasteiger partial charge in [0.05, 0.1) is 0 Å². The molecule has 0 heterocycles. The average Bonchev–Trinajstić information content (AvgIpc) is 1.90. The van der Waals surface area contributed by atoms with E-state index < -0.39 is 6.35 Å². The third-order valence-corrected chi connectivity index (χ3v) is 0.484. The molecule has 0 saturated carbocycles. The summed E-state index contributed by atoms with van der Waals surface area (Å²) in [5.74, 6) is 0. The molecule has 0 aromatic carbocycles. The SMILES string of the molecule is N#COC(N=C=O)N=C=O. The molecule has 0 aromatic heterocycles. The highest BCUT2D eigenvalue weighted by atomic mass is 16.5. The molecule has 0 aromatic rings. The van der Waals surface area contributed by atoms with Crippen molar-refractivity contribution in [3.8, 4) is 6.26 Å². The average molecular weight is 139 g/mol. The van der Waals surface area contributed by atoms with E-state index >= 15 is 0 Å². The Hall–Kier alpha value is -1.95. The minimum atomic E-state index is -1.43. The number of nitriles is 1. The second-order valence-corrected chi connectivity index (χ2v) is 0.976. The van der Waals surface area contributed by atoms with Crippen molar-refractivity contribution in [2.75, 3.05) is 0 Å². The maximum absolute atomic E-state index is 9.49. The van der Waals surface area contributed by atoms with E-state index in [1.807, 2.05) is 0 Å². The second-order valence-electron chi connectivity index (χ2n) is 0.976. The van der Waals surface area contributed by atoms with Crippen molar-refractivity contribution in [3.63, 3.8) is 0 Å². The van der Waals surface area contributed by atoms with Crippen molar-refractivity contribution >= 4 is 12.2 Å². The summed E-state index contributed by atoms with van der Waals surface area (Å²) in [7, 11) is 0. The molecule has 0 aliphatic heterocycles. The van der Waals surface area contributed by atoms with Crippen molar-refractivity contribution in [2.24, 2.45) is 9.98 Å². The van der Waals surface area contributed by atoms with Gasteiger partial charge in [-0.25, -0.2) is 9.59 Å². The van der Waals surface area contributed by atoms with Crippen LogP contribution in [0, 0.1) is 11.5 Å². The van der Waals surface area contributed by atoms with Gasteiger partial charge in [-0.15, -0.1) is 9.98 Å². The van der Waals surface area contributed by atoms with E-state index in [4.69, 9.17) is 5.26 Å². The Kier molecular flexibility index (Phi) is 4.18.